The van der Waals surface area contributed by atoms with Gasteiger partial charge in [-0.25, -0.2) is 4.98 Å². The molecule has 1 aliphatic rings. The molecule has 176 valence electrons. The zero-order chi connectivity index (χ0) is 24.8. The number of rotatable bonds is 2. The smallest absolute Gasteiger partial charge is 0.145 e. The molecule has 0 fully saturated rings. The summed E-state index contributed by atoms with van der Waals surface area (Å²) in [7, 11) is 0. The van der Waals surface area contributed by atoms with Crippen molar-refractivity contribution in [1.29, 1.82) is 0 Å². The van der Waals surface area contributed by atoms with Gasteiger partial charge in [-0.1, -0.05) is 91.0 Å². The Labute approximate surface area is 218 Å². The van der Waals surface area contributed by atoms with Crippen LogP contribution in [-0.2, 0) is 0 Å². The van der Waals surface area contributed by atoms with Crippen molar-refractivity contribution >= 4 is 43.7 Å². The Morgan fingerprint density at radius 1 is 0.553 bits per heavy atom. The first-order valence-electron chi connectivity index (χ1n) is 12.9. The Morgan fingerprint density at radius 2 is 1.32 bits per heavy atom. The van der Waals surface area contributed by atoms with Crippen LogP contribution in [0.1, 0.15) is 0 Å². The molecule has 38 heavy (non-hydrogen) atoms. The third-order valence-corrected chi connectivity index (χ3v) is 7.94. The van der Waals surface area contributed by atoms with E-state index in [4.69, 9.17) is 9.40 Å². The Hall–Kier alpha value is -5.15. The van der Waals surface area contributed by atoms with E-state index in [0.717, 1.165) is 44.7 Å². The van der Waals surface area contributed by atoms with Gasteiger partial charge < -0.3 is 4.42 Å². The quantitative estimate of drug-likeness (QED) is 0.245. The molecule has 8 aromatic rings. The van der Waals surface area contributed by atoms with E-state index in [1.54, 1.807) is 0 Å². The topological polar surface area (TPSA) is 31.0 Å². The fourth-order valence-corrected chi connectivity index (χ4v) is 6.40. The van der Waals surface area contributed by atoms with Gasteiger partial charge in [0.05, 0.1) is 16.7 Å². The van der Waals surface area contributed by atoms with Gasteiger partial charge in [0, 0.05) is 21.9 Å². The van der Waals surface area contributed by atoms with Crippen molar-refractivity contribution in [3.8, 4) is 39.3 Å². The van der Waals surface area contributed by atoms with E-state index in [9.17, 15) is 0 Å². The molecule has 3 nitrogen and oxygen atoms in total. The number of furan rings is 1. The first kappa shape index (κ1) is 20.0. The predicted octanol–water partition coefficient (Wildman–Crippen LogP) is 9.39. The van der Waals surface area contributed by atoms with E-state index in [-0.39, 0.29) is 0 Å². The molecular weight excluding hydrogens is 464 g/mol. The first-order valence-corrected chi connectivity index (χ1v) is 12.9. The number of hydrogen-bond acceptors (Lipinski definition) is 2. The van der Waals surface area contributed by atoms with Crippen LogP contribution >= 0.6 is 0 Å². The van der Waals surface area contributed by atoms with E-state index < -0.39 is 0 Å². The third kappa shape index (κ3) is 2.50. The molecule has 0 unspecified atom stereocenters. The SMILES string of the molecule is c1ccc(-c2nc3ccccc3n2-c2cccc3c2-c2cc4oc5ccccc5c4c4cccc-3c24)cc1. The van der Waals surface area contributed by atoms with Crippen LogP contribution in [0.15, 0.2) is 126 Å². The molecule has 0 N–H and O–H groups in total. The number of para-hydroxylation sites is 3. The first-order chi connectivity index (χ1) is 18.9. The minimum Gasteiger partial charge on any atom is -0.456 e. The van der Waals surface area contributed by atoms with Crippen LogP contribution in [0.3, 0.4) is 0 Å². The van der Waals surface area contributed by atoms with Gasteiger partial charge in [0.1, 0.15) is 17.0 Å². The fraction of sp³-hybridized carbons (Fsp3) is 0. The second-order valence-electron chi connectivity index (χ2n) is 9.95. The normalized spacial score (nSPS) is 12.2. The van der Waals surface area contributed by atoms with Crippen LogP contribution in [0.4, 0.5) is 0 Å². The Morgan fingerprint density at radius 3 is 2.26 bits per heavy atom. The summed E-state index contributed by atoms with van der Waals surface area (Å²) in [6.45, 7) is 0. The summed E-state index contributed by atoms with van der Waals surface area (Å²) in [5.41, 5.74) is 11.1. The lowest BCUT2D eigenvalue weighted by Gasteiger charge is -2.15. The molecule has 0 bridgehead atoms. The fourth-order valence-electron chi connectivity index (χ4n) is 6.40. The maximum absolute atomic E-state index is 6.42. The highest BCUT2D eigenvalue weighted by Crippen LogP contribution is 2.53. The summed E-state index contributed by atoms with van der Waals surface area (Å²) >= 11 is 0. The zero-order valence-corrected chi connectivity index (χ0v) is 20.3. The highest BCUT2D eigenvalue weighted by molar-refractivity contribution is 6.28. The van der Waals surface area contributed by atoms with Crippen molar-refractivity contribution in [3.63, 3.8) is 0 Å². The van der Waals surface area contributed by atoms with Gasteiger partial charge in [-0.05, 0) is 57.8 Å². The van der Waals surface area contributed by atoms with Crippen molar-refractivity contribution in [2.24, 2.45) is 0 Å². The van der Waals surface area contributed by atoms with E-state index in [2.05, 4.69) is 114 Å². The number of benzene rings is 6. The molecule has 0 atom stereocenters. The van der Waals surface area contributed by atoms with Gasteiger partial charge >= 0.3 is 0 Å². The average molecular weight is 485 g/mol. The average Bonchev–Trinajstić information content (AvgIpc) is 3.65. The van der Waals surface area contributed by atoms with E-state index in [1.165, 1.54) is 38.4 Å². The van der Waals surface area contributed by atoms with Gasteiger partial charge in [-0.15, -0.1) is 0 Å². The minimum atomic E-state index is 0.923. The Balaban J connectivity index is 1.43. The van der Waals surface area contributed by atoms with E-state index in [1.807, 2.05) is 12.1 Å². The maximum atomic E-state index is 6.42. The van der Waals surface area contributed by atoms with Gasteiger partial charge in [0.2, 0.25) is 0 Å². The highest BCUT2D eigenvalue weighted by Gasteiger charge is 2.28. The van der Waals surface area contributed by atoms with Crippen LogP contribution in [0.25, 0.3) is 83.1 Å². The summed E-state index contributed by atoms with van der Waals surface area (Å²) in [5.74, 6) is 0.942. The van der Waals surface area contributed by atoms with Crippen molar-refractivity contribution < 1.29 is 4.42 Å². The molecular formula is C35H20N2O. The lowest BCUT2D eigenvalue weighted by Crippen LogP contribution is -2.00. The number of hydrogen-bond donors (Lipinski definition) is 0. The number of fused-ring (bicyclic) bond motifs is 8. The molecule has 0 saturated heterocycles. The minimum absolute atomic E-state index is 0.923. The highest BCUT2D eigenvalue weighted by atomic mass is 16.3. The lowest BCUT2D eigenvalue weighted by atomic mass is 9.98. The van der Waals surface area contributed by atoms with E-state index >= 15 is 0 Å². The predicted molar refractivity (Wildman–Crippen MR) is 156 cm³/mol. The molecule has 0 amide bonds. The molecule has 2 aromatic heterocycles. The molecule has 1 aliphatic carbocycles. The van der Waals surface area contributed by atoms with E-state index in [0.29, 0.717) is 0 Å². The van der Waals surface area contributed by atoms with Crippen LogP contribution < -0.4 is 0 Å². The molecule has 6 aromatic carbocycles. The molecule has 0 saturated carbocycles. The Bertz CT molecular complexity index is 2230. The molecule has 0 radical (unpaired) electrons. The summed E-state index contributed by atoms with van der Waals surface area (Å²) < 4.78 is 8.74. The van der Waals surface area contributed by atoms with Crippen molar-refractivity contribution in [1.82, 2.24) is 9.55 Å². The van der Waals surface area contributed by atoms with Crippen molar-refractivity contribution in [2.45, 2.75) is 0 Å². The van der Waals surface area contributed by atoms with Crippen LogP contribution in [-0.4, -0.2) is 9.55 Å². The number of nitrogens with zero attached hydrogens (tertiary/aromatic N) is 2. The lowest BCUT2D eigenvalue weighted by molar-refractivity contribution is 0.669. The van der Waals surface area contributed by atoms with Crippen LogP contribution in [0.5, 0.6) is 0 Å². The molecule has 9 rings (SSSR count). The summed E-state index contributed by atoms with van der Waals surface area (Å²) in [4.78, 5) is 5.11. The third-order valence-electron chi connectivity index (χ3n) is 7.94. The van der Waals surface area contributed by atoms with Gasteiger partial charge in [-0.2, -0.15) is 0 Å². The Kier molecular flexibility index (Phi) is 3.79. The number of aromatic nitrogens is 2. The molecule has 0 spiro atoms. The summed E-state index contributed by atoms with van der Waals surface area (Å²) in [5, 5.41) is 4.88. The largest absolute Gasteiger partial charge is 0.456 e. The second-order valence-corrected chi connectivity index (χ2v) is 9.95. The molecule has 3 heteroatoms. The number of imidazole rings is 1. The van der Waals surface area contributed by atoms with Gasteiger partial charge in [-0.3, -0.25) is 4.57 Å². The van der Waals surface area contributed by atoms with Crippen molar-refractivity contribution in [2.75, 3.05) is 0 Å². The van der Waals surface area contributed by atoms with Gasteiger partial charge in [0.15, 0.2) is 0 Å². The van der Waals surface area contributed by atoms with Crippen LogP contribution in [0, 0.1) is 0 Å². The van der Waals surface area contributed by atoms with Crippen LogP contribution in [0.2, 0.25) is 0 Å². The summed E-state index contributed by atoms with van der Waals surface area (Å²) in [6, 6.07) is 42.7. The standard InChI is InChI=1S/C35H20N2O/c1-2-10-21(11-3-1)35-36-27-16-5-6-17-28(27)37(35)29-18-9-14-23-22-13-8-15-25-32(22)26(33(23)29)20-31-34(25)24-12-4-7-19-30(24)38-31/h1-20H. The molecule has 2 heterocycles. The second kappa shape index (κ2) is 7.21. The molecule has 0 aliphatic heterocycles. The van der Waals surface area contributed by atoms with Gasteiger partial charge in [0.25, 0.3) is 0 Å². The zero-order valence-electron chi connectivity index (χ0n) is 20.3. The summed E-state index contributed by atoms with van der Waals surface area (Å²) in [6.07, 6.45) is 0. The monoisotopic (exact) mass is 484 g/mol. The maximum Gasteiger partial charge on any atom is 0.145 e. The van der Waals surface area contributed by atoms with Crippen molar-refractivity contribution in [3.05, 3.63) is 121 Å².